The van der Waals surface area contributed by atoms with Crippen molar-refractivity contribution in [3.63, 3.8) is 0 Å². The number of anilines is 4. The summed E-state index contributed by atoms with van der Waals surface area (Å²) in [5.41, 5.74) is 3.37. The number of nitrogens with zero attached hydrogens (tertiary/aromatic N) is 2. The van der Waals surface area contributed by atoms with Crippen LogP contribution in [0.25, 0.3) is 0 Å². The van der Waals surface area contributed by atoms with E-state index < -0.39 is 5.91 Å². The van der Waals surface area contributed by atoms with Gasteiger partial charge in [0.1, 0.15) is 11.4 Å². The molecule has 0 unspecified atom stereocenters. The summed E-state index contributed by atoms with van der Waals surface area (Å²) in [5, 5.41) is 8.94. The highest BCUT2D eigenvalue weighted by Crippen LogP contribution is 2.30. The maximum Gasteiger partial charge on any atom is 0.261 e. The fourth-order valence-corrected chi connectivity index (χ4v) is 3.18. The molecule has 0 radical (unpaired) electrons. The van der Waals surface area contributed by atoms with Gasteiger partial charge in [0.25, 0.3) is 5.91 Å². The van der Waals surface area contributed by atoms with E-state index in [9.17, 15) is 9.59 Å². The Balaban J connectivity index is 1.98. The Morgan fingerprint density at radius 1 is 1.06 bits per heavy atom. The van der Waals surface area contributed by atoms with Crippen LogP contribution in [0.4, 0.5) is 22.9 Å². The Labute approximate surface area is 189 Å². The minimum Gasteiger partial charge on any atom is -0.338 e. The molecule has 0 aliphatic rings. The van der Waals surface area contributed by atoms with Crippen LogP contribution in [-0.4, -0.2) is 21.8 Å². The normalized spacial score (nSPS) is 10.3. The lowest BCUT2D eigenvalue weighted by Crippen LogP contribution is -2.17. The largest absolute Gasteiger partial charge is 0.338 e. The Kier molecular flexibility index (Phi) is 6.89. The highest BCUT2D eigenvalue weighted by Gasteiger charge is 2.18. The lowest BCUT2D eigenvalue weighted by Gasteiger charge is -2.16. The quantitative estimate of drug-likeness (QED) is 0.335. The van der Waals surface area contributed by atoms with E-state index in [1.807, 2.05) is 26.0 Å². The van der Waals surface area contributed by atoms with E-state index in [0.29, 0.717) is 22.1 Å². The first-order chi connectivity index (χ1) is 14.8. The van der Waals surface area contributed by atoms with E-state index in [-0.39, 0.29) is 22.6 Å². The van der Waals surface area contributed by atoms with Crippen LogP contribution >= 0.6 is 23.2 Å². The number of aryl methyl sites for hydroxylation is 2. The molecule has 3 N–H and O–H groups in total. The van der Waals surface area contributed by atoms with Crippen molar-refractivity contribution in [1.29, 1.82) is 0 Å². The van der Waals surface area contributed by atoms with E-state index in [1.165, 1.54) is 6.20 Å². The molecule has 9 heteroatoms. The molecule has 31 heavy (non-hydrogen) atoms. The topological polar surface area (TPSA) is 96.0 Å². The number of halogens is 2. The molecule has 0 saturated heterocycles. The molecule has 0 aliphatic heterocycles. The molecule has 1 aromatic heterocycles. The predicted molar refractivity (Wildman–Crippen MR) is 124 cm³/mol. The van der Waals surface area contributed by atoms with Crippen LogP contribution in [0.15, 0.2) is 55.3 Å². The van der Waals surface area contributed by atoms with E-state index in [4.69, 9.17) is 23.2 Å². The van der Waals surface area contributed by atoms with Crippen molar-refractivity contribution >= 4 is 57.9 Å². The van der Waals surface area contributed by atoms with Crippen LogP contribution in [0.5, 0.6) is 0 Å². The number of carbonyl (C=O) groups is 2. The van der Waals surface area contributed by atoms with Gasteiger partial charge in [-0.3, -0.25) is 9.59 Å². The van der Waals surface area contributed by atoms with Crippen molar-refractivity contribution in [2.75, 3.05) is 16.0 Å². The molecule has 0 atom stereocenters. The summed E-state index contributed by atoms with van der Waals surface area (Å²) in [7, 11) is 0. The average Bonchev–Trinajstić information content (AvgIpc) is 2.72. The van der Waals surface area contributed by atoms with E-state index in [0.717, 1.165) is 17.2 Å². The first-order valence-electron chi connectivity index (χ1n) is 9.18. The second-order valence-electron chi connectivity index (χ2n) is 6.65. The van der Waals surface area contributed by atoms with E-state index in [1.54, 1.807) is 24.3 Å². The van der Waals surface area contributed by atoms with Gasteiger partial charge >= 0.3 is 0 Å². The summed E-state index contributed by atoms with van der Waals surface area (Å²) >= 11 is 12.2. The molecule has 0 spiro atoms. The van der Waals surface area contributed by atoms with Gasteiger partial charge in [0.15, 0.2) is 0 Å². The molecule has 0 fully saturated rings. The Bertz CT molecular complexity index is 1160. The molecule has 3 aromatic rings. The third-order valence-corrected chi connectivity index (χ3v) is 4.83. The van der Waals surface area contributed by atoms with Crippen molar-refractivity contribution in [1.82, 2.24) is 9.97 Å². The first kappa shape index (κ1) is 22.3. The van der Waals surface area contributed by atoms with Gasteiger partial charge in [0, 0.05) is 6.20 Å². The summed E-state index contributed by atoms with van der Waals surface area (Å²) in [6.07, 6.45) is 2.48. The van der Waals surface area contributed by atoms with Gasteiger partial charge < -0.3 is 16.0 Å². The number of benzene rings is 2. The van der Waals surface area contributed by atoms with Gasteiger partial charge in [0.05, 0.1) is 22.1 Å². The Morgan fingerprint density at radius 2 is 1.84 bits per heavy atom. The molecule has 2 amide bonds. The number of carbonyl (C=O) groups excluding carboxylic acids is 2. The summed E-state index contributed by atoms with van der Waals surface area (Å²) in [4.78, 5) is 32.9. The lowest BCUT2D eigenvalue weighted by molar-refractivity contribution is -0.111. The minimum absolute atomic E-state index is 0.0442. The molecule has 0 bridgehead atoms. The summed E-state index contributed by atoms with van der Waals surface area (Å²) in [6, 6.07) is 10.7. The van der Waals surface area contributed by atoms with Crippen LogP contribution in [0.3, 0.4) is 0 Å². The Morgan fingerprint density at radius 3 is 2.55 bits per heavy atom. The molecule has 0 aliphatic carbocycles. The predicted octanol–water partition coefficient (Wildman–Crippen LogP) is 5.52. The molecule has 2 aromatic carbocycles. The number of nitrogens with one attached hydrogen (secondary N) is 3. The molecule has 0 saturated carbocycles. The Hall–Kier alpha value is -3.42. The number of hydrogen-bond acceptors (Lipinski definition) is 5. The van der Waals surface area contributed by atoms with Crippen LogP contribution in [0.2, 0.25) is 10.3 Å². The third-order valence-electron chi connectivity index (χ3n) is 4.34. The minimum atomic E-state index is -0.473. The molecule has 1 heterocycles. The number of rotatable bonds is 6. The van der Waals surface area contributed by atoms with Crippen LogP contribution in [0, 0.1) is 13.8 Å². The third kappa shape index (κ3) is 5.39. The number of para-hydroxylation sites is 1. The van der Waals surface area contributed by atoms with Gasteiger partial charge in [-0.1, -0.05) is 36.4 Å². The van der Waals surface area contributed by atoms with Crippen molar-refractivity contribution in [2.45, 2.75) is 13.8 Å². The maximum atomic E-state index is 13.0. The zero-order chi connectivity index (χ0) is 22.5. The fourth-order valence-electron chi connectivity index (χ4n) is 2.77. The SMILES string of the molecule is C=CC(=O)Nc1ccc(C)cc1Nc1nc(Cl)ncc1C(=O)Nc1c(C)cccc1Cl. The number of hydrogen-bond donors (Lipinski definition) is 3. The summed E-state index contributed by atoms with van der Waals surface area (Å²) < 4.78 is 0. The average molecular weight is 456 g/mol. The second kappa shape index (κ2) is 9.59. The van der Waals surface area contributed by atoms with Crippen molar-refractivity contribution in [3.8, 4) is 0 Å². The number of amides is 2. The summed E-state index contributed by atoms with van der Waals surface area (Å²) in [5.74, 6) is -0.679. The first-order valence-corrected chi connectivity index (χ1v) is 9.94. The molecular formula is C22H19Cl2N5O2. The van der Waals surface area contributed by atoms with Crippen molar-refractivity contribution < 1.29 is 9.59 Å². The van der Waals surface area contributed by atoms with Crippen LogP contribution < -0.4 is 16.0 Å². The van der Waals surface area contributed by atoms with Gasteiger partial charge in [-0.2, -0.15) is 4.98 Å². The van der Waals surface area contributed by atoms with Gasteiger partial charge in [0.2, 0.25) is 11.2 Å². The monoisotopic (exact) mass is 455 g/mol. The standard InChI is InChI=1S/C22H19Cl2N5O2/c1-4-18(30)26-16-9-8-12(2)10-17(16)27-20-14(11-25-22(24)29-20)21(31)28-19-13(3)6-5-7-15(19)23/h4-11H,1H2,2-3H3,(H,26,30)(H,28,31)(H,25,27,29). The smallest absolute Gasteiger partial charge is 0.261 e. The van der Waals surface area contributed by atoms with Gasteiger partial charge in [-0.15, -0.1) is 0 Å². The summed E-state index contributed by atoms with van der Waals surface area (Å²) in [6.45, 7) is 7.18. The zero-order valence-electron chi connectivity index (χ0n) is 16.8. The highest BCUT2D eigenvalue weighted by molar-refractivity contribution is 6.34. The maximum absolute atomic E-state index is 13.0. The second-order valence-corrected chi connectivity index (χ2v) is 7.40. The molecule has 7 nitrogen and oxygen atoms in total. The van der Waals surface area contributed by atoms with Crippen LogP contribution in [0.1, 0.15) is 21.5 Å². The number of aromatic nitrogens is 2. The highest BCUT2D eigenvalue weighted by atomic mass is 35.5. The molecule has 3 rings (SSSR count). The van der Waals surface area contributed by atoms with Crippen molar-refractivity contribution in [3.05, 3.63) is 82.2 Å². The van der Waals surface area contributed by atoms with E-state index in [2.05, 4.69) is 32.5 Å². The van der Waals surface area contributed by atoms with Gasteiger partial charge in [-0.25, -0.2) is 4.98 Å². The molecular weight excluding hydrogens is 437 g/mol. The van der Waals surface area contributed by atoms with Crippen molar-refractivity contribution in [2.24, 2.45) is 0 Å². The van der Waals surface area contributed by atoms with Gasteiger partial charge in [-0.05, 0) is 60.9 Å². The zero-order valence-corrected chi connectivity index (χ0v) is 18.3. The van der Waals surface area contributed by atoms with Crippen LogP contribution in [-0.2, 0) is 4.79 Å². The molecule has 158 valence electrons. The fraction of sp³-hybridized carbons (Fsp3) is 0.0909. The van der Waals surface area contributed by atoms with E-state index >= 15 is 0 Å². The lowest BCUT2D eigenvalue weighted by atomic mass is 10.1.